The molecule has 16 heavy (non-hydrogen) atoms. The van der Waals surface area contributed by atoms with Crippen LogP contribution in [0.25, 0.3) is 0 Å². The molecule has 2 heteroatoms. The van der Waals surface area contributed by atoms with Crippen LogP contribution in [0.1, 0.15) is 30.9 Å². The van der Waals surface area contributed by atoms with Crippen LogP contribution in [0.15, 0.2) is 18.2 Å². The van der Waals surface area contributed by atoms with Gasteiger partial charge in [0.25, 0.3) is 0 Å². The molecule has 0 aromatic heterocycles. The Morgan fingerprint density at radius 3 is 2.62 bits per heavy atom. The molecule has 1 aliphatic carbocycles. The van der Waals surface area contributed by atoms with Crippen molar-refractivity contribution in [1.82, 2.24) is 0 Å². The molecule has 2 N–H and O–H groups in total. The Labute approximate surface area is 97.8 Å². The molecule has 0 amide bonds. The molecular formula is C14H21NO. The molecule has 0 radical (unpaired) electrons. The molecular weight excluding hydrogens is 198 g/mol. The van der Waals surface area contributed by atoms with Crippen LogP contribution in [0.4, 0.5) is 0 Å². The average molecular weight is 219 g/mol. The van der Waals surface area contributed by atoms with Crippen LogP contribution < -0.4 is 10.5 Å². The van der Waals surface area contributed by atoms with E-state index in [1.807, 2.05) is 0 Å². The highest BCUT2D eigenvalue weighted by molar-refractivity contribution is 5.41. The molecule has 1 aromatic rings. The van der Waals surface area contributed by atoms with Gasteiger partial charge in [0.15, 0.2) is 0 Å². The lowest BCUT2D eigenvalue weighted by Crippen LogP contribution is -2.46. The summed E-state index contributed by atoms with van der Waals surface area (Å²) >= 11 is 0. The highest BCUT2D eigenvalue weighted by Crippen LogP contribution is 2.47. The minimum Gasteiger partial charge on any atom is -0.496 e. The predicted octanol–water partition coefficient (Wildman–Crippen LogP) is 2.63. The SMILES string of the molecule is COc1cc(C2(CN)CC(C)C2)ccc1C. The van der Waals surface area contributed by atoms with E-state index in [1.165, 1.54) is 24.0 Å². The van der Waals surface area contributed by atoms with Gasteiger partial charge < -0.3 is 10.5 Å². The average Bonchev–Trinajstić information content (AvgIpc) is 2.25. The molecule has 1 aliphatic rings. The van der Waals surface area contributed by atoms with Crippen molar-refractivity contribution in [3.05, 3.63) is 29.3 Å². The van der Waals surface area contributed by atoms with E-state index >= 15 is 0 Å². The summed E-state index contributed by atoms with van der Waals surface area (Å²) in [5.41, 5.74) is 8.69. The second-order valence-electron chi connectivity index (χ2n) is 5.18. The van der Waals surface area contributed by atoms with Crippen LogP contribution >= 0.6 is 0 Å². The lowest BCUT2D eigenvalue weighted by atomic mass is 9.59. The van der Waals surface area contributed by atoms with E-state index in [0.717, 1.165) is 18.2 Å². The van der Waals surface area contributed by atoms with Gasteiger partial charge in [-0.05, 0) is 42.9 Å². The van der Waals surface area contributed by atoms with Crippen LogP contribution in [0.3, 0.4) is 0 Å². The van der Waals surface area contributed by atoms with Crippen LogP contribution in [-0.2, 0) is 5.41 Å². The third-order valence-corrected chi connectivity index (χ3v) is 3.89. The molecule has 0 saturated heterocycles. The zero-order valence-electron chi connectivity index (χ0n) is 10.4. The van der Waals surface area contributed by atoms with E-state index in [4.69, 9.17) is 10.5 Å². The fraction of sp³-hybridized carbons (Fsp3) is 0.571. The quantitative estimate of drug-likeness (QED) is 0.848. The number of benzene rings is 1. The maximum absolute atomic E-state index is 5.95. The molecule has 88 valence electrons. The molecule has 0 aliphatic heterocycles. The highest BCUT2D eigenvalue weighted by atomic mass is 16.5. The summed E-state index contributed by atoms with van der Waals surface area (Å²) in [6, 6.07) is 6.50. The van der Waals surface area contributed by atoms with E-state index < -0.39 is 0 Å². The van der Waals surface area contributed by atoms with E-state index in [1.54, 1.807) is 7.11 Å². The van der Waals surface area contributed by atoms with E-state index in [2.05, 4.69) is 32.0 Å². The monoisotopic (exact) mass is 219 g/mol. The summed E-state index contributed by atoms with van der Waals surface area (Å²) in [7, 11) is 1.73. The second-order valence-corrected chi connectivity index (χ2v) is 5.18. The molecule has 1 aromatic carbocycles. The molecule has 0 heterocycles. The number of aryl methyl sites for hydroxylation is 1. The van der Waals surface area contributed by atoms with Gasteiger partial charge in [0.2, 0.25) is 0 Å². The Bertz CT molecular complexity index is 380. The first-order chi connectivity index (χ1) is 7.61. The maximum atomic E-state index is 5.95. The van der Waals surface area contributed by atoms with Gasteiger partial charge in [0, 0.05) is 12.0 Å². The Hall–Kier alpha value is -1.02. The number of hydrogen-bond donors (Lipinski definition) is 1. The first-order valence-electron chi connectivity index (χ1n) is 5.96. The molecule has 0 spiro atoms. The third-order valence-electron chi connectivity index (χ3n) is 3.89. The van der Waals surface area contributed by atoms with E-state index in [0.29, 0.717) is 0 Å². The largest absolute Gasteiger partial charge is 0.496 e. The van der Waals surface area contributed by atoms with E-state index in [9.17, 15) is 0 Å². The van der Waals surface area contributed by atoms with Crippen molar-refractivity contribution in [2.24, 2.45) is 11.7 Å². The maximum Gasteiger partial charge on any atom is 0.122 e. The van der Waals surface area contributed by atoms with Crippen LogP contribution in [0, 0.1) is 12.8 Å². The van der Waals surface area contributed by atoms with Crippen LogP contribution in [0.5, 0.6) is 5.75 Å². The standard InChI is InChI=1S/C14H21NO/c1-10-7-14(8-10,9-15)12-5-4-11(2)13(6-12)16-3/h4-6,10H,7-9,15H2,1-3H3. The Morgan fingerprint density at radius 2 is 2.12 bits per heavy atom. The Kier molecular flexibility index (Phi) is 2.94. The van der Waals surface area contributed by atoms with Crippen LogP contribution in [-0.4, -0.2) is 13.7 Å². The molecule has 0 bridgehead atoms. The first kappa shape index (κ1) is 11.5. The third kappa shape index (κ3) is 1.71. The van der Waals surface area contributed by atoms with Gasteiger partial charge in [-0.3, -0.25) is 0 Å². The van der Waals surface area contributed by atoms with Crippen molar-refractivity contribution in [2.75, 3.05) is 13.7 Å². The lowest BCUT2D eigenvalue weighted by molar-refractivity contribution is 0.164. The number of methoxy groups -OCH3 is 1. The normalized spacial score (nSPS) is 28.6. The first-order valence-corrected chi connectivity index (χ1v) is 5.96. The summed E-state index contributed by atoms with van der Waals surface area (Å²) in [6.07, 6.45) is 2.41. The van der Waals surface area contributed by atoms with Crippen LogP contribution in [0.2, 0.25) is 0 Å². The molecule has 0 atom stereocenters. The van der Waals surface area contributed by atoms with Gasteiger partial charge in [-0.15, -0.1) is 0 Å². The number of nitrogens with two attached hydrogens (primary N) is 1. The summed E-state index contributed by atoms with van der Waals surface area (Å²) in [4.78, 5) is 0. The van der Waals surface area contributed by atoms with Gasteiger partial charge in [-0.1, -0.05) is 19.1 Å². The van der Waals surface area contributed by atoms with Crippen molar-refractivity contribution in [3.8, 4) is 5.75 Å². The van der Waals surface area contributed by atoms with Crippen molar-refractivity contribution < 1.29 is 4.74 Å². The topological polar surface area (TPSA) is 35.2 Å². The molecule has 2 rings (SSSR count). The fourth-order valence-corrected chi connectivity index (χ4v) is 2.94. The molecule has 1 saturated carbocycles. The summed E-state index contributed by atoms with van der Waals surface area (Å²) in [5.74, 6) is 1.78. The highest BCUT2D eigenvalue weighted by Gasteiger charge is 2.42. The number of ether oxygens (including phenoxy) is 1. The lowest BCUT2D eigenvalue weighted by Gasteiger charge is -2.46. The zero-order valence-corrected chi connectivity index (χ0v) is 10.4. The summed E-state index contributed by atoms with van der Waals surface area (Å²) < 4.78 is 5.38. The van der Waals surface area contributed by atoms with Gasteiger partial charge in [-0.25, -0.2) is 0 Å². The Morgan fingerprint density at radius 1 is 1.44 bits per heavy atom. The van der Waals surface area contributed by atoms with Gasteiger partial charge in [0.1, 0.15) is 5.75 Å². The minimum atomic E-state index is 0.209. The predicted molar refractivity (Wildman–Crippen MR) is 66.9 cm³/mol. The zero-order chi connectivity index (χ0) is 11.8. The molecule has 0 unspecified atom stereocenters. The Balaban J connectivity index is 2.33. The van der Waals surface area contributed by atoms with Crippen molar-refractivity contribution in [3.63, 3.8) is 0 Å². The smallest absolute Gasteiger partial charge is 0.122 e. The van der Waals surface area contributed by atoms with Gasteiger partial charge >= 0.3 is 0 Å². The second kappa shape index (κ2) is 4.10. The molecule has 1 fully saturated rings. The molecule has 2 nitrogen and oxygen atoms in total. The summed E-state index contributed by atoms with van der Waals surface area (Å²) in [6.45, 7) is 5.10. The number of hydrogen-bond acceptors (Lipinski definition) is 2. The van der Waals surface area contributed by atoms with Gasteiger partial charge in [-0.2, -0.15) is 0 Å². The van der Waals surface area contributed by atoms with Crippen molar-refractivity contribution in [1.29, 1.82) is 0 Å². The van der Waals surface area contributed by atoms with E-state index in [-0.39, 0.29) is 5.41 Å². The van der Waals surface area contributed by atoms with Crippen molar-refractivity contribution >= 4 is 0 Å². The van der Waals surface area contributed by atoms with Gasteiger partial charge in [0.05, 0.1) is 7.11 Å². The fourth-order valence-electron chi connectivity index (χ4n) is 2.94. The summed E-state index contributed by atoms with van der Waals surface area (Å²) in [5, 5.41) is 0. The number of rotatable bonds is 3. The van der Waals surface area contributed by atoms with Crippen molar-refractivity contribution in [2.45, 2.75) is 32.1 Å². The minimum absolute atomic E-state index is 0.209.